The van der Waals surface area contributed by atoms with Gasteiger partial charge in [0.05, 0.1) is 0 Å². The maximum atomic E-state index is 12.0. The van der Waals surface area contributed by atoms with Gasteiger partial charge in [0.25, 0.3) is 0 Å². The minimum Gasteiger partial charge on any atom is -0.462 e. The van der Waals surface area contributed by atoms with E-state index in [1.165, 1.54) is 6.08 Å². The molecule has 0 radical (unpaired) electrons. The molecule has 0 bridgehead atoms. The van der Waals surface area contributed by atoms with Crippen LogP contribution >= 0.6 is 0 Å². The molecule has 0 saturated heterocycles. The van der Waals surface area contributed by atoms with Crippen LogP contribution in [0.1, 0.15) is 11.5 Å². The van der Waals surface area contributed by atoms with E-state index in [0.717, 1.165) is 16.9 Å². The van der Waals surface area contributed by atoms with Crippen LogP contribution in [0.2, 0.25) is 0 Å². The molecule has 0 spiro atoms. The first-order valence-electron chi connectivity index (χ1n) is 7.33. The van der Waals surface area contributed by atoms with E-state index in [1.54, 1.807) is 18.2 Å². The van der Waals surface area contributed by atoms with Gasteiger partial charge in [-0.2, -0.15) is 0 Å². The lowest BCUT2D eigenvalue weighted by Gasteiger charge is -2.08. The lowest BCUT2D eigenvalue weighted by Crippen LogP contribution is -2.04. The van der Waals surface area contributed by atoms with E-state index in [-0.39, 0.29) is 0 Å². The highest BCUT2D eigenvalue weighted by Gasteiger charge is 2.08. The molecular weight excluding hydrogens is 288 g/mol. The highest BCUT2D eigenvalue weighted by molar-refractivity contribution is 5.89. The maximum absolute atomic E-state index is 12.0. The number of benzene rings is 2. The summed E-state index contributed by atoms with van der Waals surface area (Å²) in [4.78, 5) is 12.0. The van der Waals surface area contributed by atoms with Crippen LogP contribution < -0.4 is 4.74 Å². The topological polar surface area (TPSA) is 39.4 Å². The van der Waals surface area contributed by atoms with Crippen LogP contribution in [0.25, 0.3) is 17.2 Å². The van der Waals surface area contributed by atoms with E-state index in [4.69, 9.17) is 9.15 Å². The third-order valence-electron chi connectivity index (χ3n) is 3.33. The number of carbonyl (C=O) groups is 1. The minimum atomic E-state index is -0.442. The first-order valence-corrected chi connectivity index (χ1v) is 7.33. The van der Waals surface area contributed by atoms with Gasteiger partial charge in [0.15, 0.2) is 0 Å². The smallest absolute Gasteiger partial charge is 0.336 e. The second kappa shape index (κ2) is 6.79. The van der Waals surface area contributed by atoms with Crippen molar-refractivity contribution in [2.45, 2.75) is 6.92 Å². The Morgan fingerprint density at radius 3 is 2.43 bits per heavy atom. The average Bonchev–Trinajstić information content (AvgIpc) is 3.00. The second-order valence-electron chi connectivity index (χ2n) is 5.07. The van der Waals surface area contributed by atoms with Crippen molar-refractivity contribution >= 4 is 12.0 Å². The fourth-order valence-corrected chi connectivity index (χ4v) is 2.25. The molecule has 3 nitrogen and oxygen atoms in total. The van der Waals surface area contributed by atoms with Crippen molar-refractivity contribution in [1.82, 2.24) is 0 Å². The van der Waals surface area contributed by atoms with Crippen molar-refractivity contribution in [1.29, 1.82) is 0 Å². The van der Waals surface area contributed by atoms with E-state index >= 15 is 0 Å². The lowest BCUT2D eigenvalue weighted by atomic mass is 10.1. The summed E-state index contributed by atoms with van der Waals surface area (Å²) in [5, 5.41) is 0. The molecule has 0 N–H and O–H groups in total. The fraction of sp³-hybridized carbons (Fsp3) is 0.0500. The number of esters is 1. The van der Waals surface area contributed by atoms with Crippen LogP contribution in [0.5, 0.6) is 5.75 Å². The van der Waals surface area contributed by atoms with Gasteiger partial charge in [-0.05, 0) is 36.8 Å². The first-order chi connectivity index (χ1) is 11.2. The summed E-state index contributed by atoms with van der Waals surface area (Å²) in [6.07, 6.45) is 2.96. The predicted molar refractivity (Wildman–Crippen MR) is 90.0 cm³/mol. The van der Waals surface area contributed by atoms with Crippen LogP contribution in [0.3, 0.4) is 0 Å². The molecule has 1 aromatic heterocycles. The second-order valence-corrected chi connectivity index (χ2v) is 5.07. The highest BCUT2D eigenvalue weighted by atomic mass is 16.5. The number of ether oxygens (including phenoxy) is 1. The molecule has 0 saturated carbocycles. The molecule has 3 aromatic rings. The molecule has 1 heterocycles. The van der Waals surface area contributed by atoms with Crippen LogP contribution in [-0.2, 0) is 4.79 Å². The Labute approximate surface area is 134 Å². The molecule has 3 rings (SSSR count). The zero-order chi connectivity index (χ0) is 16.1. The van der Waals surface area contributed by atoms with Gasteiger partial charge in [-0.15, -0.1) is 0 Å². The SMILES string of the molecule is Cc1ccc(C=CC(=O)Oc2ccccc2-c2ccccc2)o1. The molecule has 0 aliphatic rings. The fourth-order valence-electron chi connectivity index (χ4n) is 2.25. The minimum absolute atomic E-state index is 0.442. The van der Waals surface area contributed by atoms with Gasteiger partial charge >= 0.3 is 5.97 Å². The molecule has 114 valence electrons. The molecule has 0 atom stereocenters. The van der Waals surface area contributed by atoms with Crippen molar-refractivity contribution in [3.63, 3.8) is 0 Å². The summed E-state index contributed by atoms with van der Waals surface area (Å²) in [7, 11) is 0. The molecule has 0 unspecified atom stereocenters. The quantitative estimate of drug-likeness (QED) is 0.392. The van der Waals surface area contributed by atoms with Gasteiger partial charge in [0, 0.05) is 11.6 Å². The maximum Gasteiger partial charge on any atom is 0.336 e. The highest BCUT2D eigenvalue weighted by Crippen LogP contribution is 2.29. The Kier molecular flexibility index (Phi) is 4.39. The van der Waals surface area contributed by atoms with E-state index in [1.807, 2.05) is 61.5 Å². The number of hydrogen-bond donors (Lipinski definition) is 0. The van der Waals surface area contributed by atoms with Crippen LogP contribution in [-0.4, -0.2) is 5.97 Å². The summed E-state index contributed by atoms with van der Waals surface area (Å²) in [6, 6.07) is 20.9. The molecule has 0 amide bonds. The molecular formula is C20H16O3. The molecule has 0 aliphatic carbocycles. The number of hydrogen-bond acceptors (Lipinski definition) is 3. The number of aryl methyl sites for hydroxylation is 1. The van der Waals surface area contributed by atoms with Gasteiger partial charge in [-0.3, -0.25) is 0 Å². The third-order valence-corrected chi connectivity index (χ3v) is 3.33. The molecule has 23 heavy (non-hydrogen) atoms. The Morgan fingerprint density at radius 1 is 0.957 bits per heavy atom. The van der Waals surface area contributed by atoms with E-state index in [9.17, 15) is 4.79 Å². The van der Waals surface area contributed by atoms with Gasteiger partial charge in [0.2, 0.25) is 0 Å². The van der Waals surface area contributed by atoms with E-state index < -0.39 is 5.97 Å². The Morgan fingerprint density at radius 2 is 1.70 bits per heavy atom. The molecule has 2 aromatic carbocycles. The summed E-state index contributed by atoms with van der Waals surface area (Å²) in [5.41, 5.74) is 1.88. The van der Waals surface area contributed by atoms with Crippen molar-refractivity contribution in [2.24, 2.45) is 0 Å². The molecule has 0 fully saturated rings. The van der Waals surface area contributed by atoms with Crippen molar-refractivity contribution in [3.05, 3.63) is 84.3 Å². The largest absolute Gasteiger partial charge is 0.462 e. The molecule has 0 aliphatic heterocycles. The summed E-state index contributed by atoms with van der Waals surface area (Å²) >= 11 is 0. The number of para-hydroxylation sites is 1. The van der Waals surface area contributed by atoms with Gasteiger partial charge in [0.1, 0.15) is 17.3 Å². The first kappa shape index (κ1) is 14.9. The zero-order valence-electron chi connectivity index (χ0n) is 12.7. The van der Waals surface area contributed by atoms with Gasteiger partial charge < -0.3 is 9.15 Å². The summed E-state index contributed by atoms with van der Waals surface area (Å²) < 4.78 is 10.8. The van der Waals surface area contributed by atoms with Crippen LogP contribution in [0.15, 0.2) is 77.2 Å². The lowest BCUT2D eigenvalue weighted by molar-refractivity contribution is -0.128. The Balaban J connectivity index is 1.78. The summed E-state index contributed by atoms with van der Waals surface area (Å²) in [6.45, 7) is 1.85. The predicted octanol–water partition coefficient (Wildman–Crippen LogP) is 4.87. The van der Waals surface area contributed by atoms with Crippen molar-refractivity contribution in [3.8, 4) is 16.9 Å². The van der Waals surface area contributed by atoms with Gasteiger partial charge in [-0.1, -0.05) is 48.5 Å². The van der Waals surface area contributed by atoms with E-state index in [0.29, 0.717) is 11.5 Å². The third kappa shape index (κ3) is 3.77. The van der Waals surface area contributed by atoms with Gasteiger partial charge in [-0.25, -0.2) is 4.79 Å². The van der Waals surface area contributed by atoms with Crippen molar-refractivity contribution in [2.75, 3.05) is 0 Å². The standard InChI is InChI=1S/C20H16O3/c1-15-11-12-17(22-15)13-14-20(21)23-19-10-6-5-9-18(19)16-7-3-2-4-8-16/h2-14H,1H3. The monoisotopic (exact) mass is 304 g/mol. The number of carbonyl (C=O) groups excluding carboxylic acids is 1. The molecule has 3 heteroatoms. The normalized spacial score (nSPS) is 10.8. The number of furan rings is 1. The summed E-state index contributed by atoms with van der Waals surface area (Å²) in [5.74, 6) is 1.51. The average molecular weight is 304 g/mol. The van der Waals surface area contributed by atoms with Crippen LogP contribution in [0, 0.1) is 6.92 Å². The van der Waals surface area contributed by atoms with E-state index in [2.05, 4.69) is 0 Å². The Bertz CT molecular complexity index is 829. The number of rotatable bonds is 4. The Hall–Kier alpha value is -3.07. The van der Waals surface area contributed by atoms with Crippen LogP contribution in [0.4, 0.5) is 0 Å². The zero-order valence-corrected chi connectivity index (χ0v) is 12.7. The van der Waals surface area contributed by atoms with Crippen molar-refractivity contribution < 1.29 is 13.9 Å².